The maximum Gasteiger partial charge on any atom is 0.257 e. The zero-order chi connectivity index (χ0) is 20.8. The van der Waals surface area contributed by atoms with Gasteiger partial charge in [0.25, 0.3) is 11.8 Å². The van der Waals surface area contributed by atoms with Crippen LogP contribution in [0.15, 0.2) is 60.9 Å². The number of benzene rings is 2. The van der Waals surface area contributed by atoms with E-state index in [1.165, 1.54) is 18.5 Å². The maximum absolute atomic E-state index is 13.7. The van der Waals surface area contributed by atoms with Crippen LogP contribution in [0.2, 0.25) is 0 Å². The van der Waals surface area contributed by atoms with Crippen molar-refractivity contribution in [3.05, 3.63) is 89.2 Å². The summed E-state index contributed by atoms with van der Waals surface area (Å²) < 4.78 is 31.8. The van der Waals surface area contributed by atoms with E-state index in [0.717, 1.165) is 17.7 Å². The highest BCUT2D eigenvalue weighted by Gasteiger charge is 2.13. The molecule has 2 amide bonds. The van der Waals surface area contributed by atoms with Gasteiger partial charge in [-0.3, -0.25) is 14.6 Å². The van der Waals surface area contributed by atoms with E-state index < -0.39 is 23.4 Å². The van der Waals surface area contributed by atoms with E-state index in [1.54, 1.807) is 19.2 Å². The van der Waals surface area contributed by atoms with Crippen molar-refractivity contribution >= 4 is 17.5 Å². The largest absolute Gasteiger partial charge is 0.497 e. The predicted molar refractivity (Wildman–Crippen MR) is 103 cm³/mol. The van der Waals surface area contributed by atoms with Gasteiger partial charge in [-0.1, -0.05) is 12.1 Å². The Morgan fingerprint density at radius 3 is 2.31 bits per heavy atom. The number of methoxy groups -OCH3 is 1. The molecule has 0 aliphatic carbocycles. The van der Waals surface area contributed by atoms with Crippen LogP contribution in [0.25, 0.3) is 0 Å². The van der Waals surface area contributed by atoms with Gasteiger partial charge in [-0.15, -0.1) is 0 Å². The summed E-state index contributed by atoms with van der Waals surface area (Å²) in [5.41, 5.74) is 0.926. The summed E-state index contributed by atoms with van der Waals surface area (Å²) in [6.07, 6.45) is 2.57. The van der Waals surface area contributed by atoms with Crippen molar-refractivity contribution < 1.29 is 23.1 Å². The van der Waals surface area contributed by atoms with Crippen molar-refractivity contribution in [2.45, 2.75) is 6.54 Å². The second-order valence-corrected chi connectivity index (χ2v) is 6.07. The highest BCUT2D eigenvalue weighted by molar-refractivity contribution is 6.05. The van der Waals surface area contributed by atoms with Crippen molar-refractivity contribution in [2.24, 2.45) is 0 Å². The minimum absolute atomic E-state index is 0.0609. The standard InChI is InChI=1S/C21H17F2N3O3/c1-29-17-5-2-13(3-6-17)10-25-20(27)14-8-15(12-24-11-14)21(28)26-19-7-4-16(22)9-18(19)23/h2-9,11-12H,10H2,1H3,(H,25,27)(H,26,28). The molecule has 8 heteroatoms. The number of amides is 2. The first kappa shape index (κ1) is 19.9. The summed E-state index contributed by atoms with van der Waals surface area (Å²) in [5, 5.41) is 5.06. The van der Waals surface area contributed by atoms with Gasteiger partial charge in [-0.2, -0.15) is 0 Å². The number of nitrogens with one attached hydrogen (secondary N) is 2. The Morgan fingerprint density at radius 1 is 0.966 bits per heavy atom. The predicted octanol–water partition coefficient (Wildman–Crippen LogP) is 3.55. The van der Waals surface area contributed by atoms with Crippen LogP contribution >= 0.6 is 0 Å². The van der Waals surface area contributed by atoms with Gasteiger partial charge < -0.3 is 15.4 Å². The molecule has 29 heavy (non-hydrogen) atoms. The van der Waals surface area contributed by atoms with E-state index in [0.29, 0.717) is 11.8 Å². The monoisotopic (exact) mass is 397 g/mol. The molecule has 0 saturated carbocycles. The smallest absolute Gasteiger partial charge is 0.257 e. The molecule has 2 N–H and O–H groups in total. The Labute approximate surface area is 165 Å². The van der Waals surface area contributed by atoms with E-state index in [1.807, 2.05) is 12.1 Å². The lowest BCUT2D eigenvalue weighted by atomic mass is 10.1. The van der Waals surface area contributed by atoms with Crippen molar-refractivity contribution in [3.63, 3.8) is 0 Å². The van der Waals surface area contributed by atoms with Crippen LogP contribution in [-0.4, -0.2) is 23.9 Å². The molecule has 1 aromatic heterocycles. The van der Waals surface area contributed by atoms with Crippen LogP contribution in [0, 0.1) is 11.6 Å². The molecule has 0 bridgehead atoms. The lowest BCUT2D eigenvalue weighted by Gasteiger charge is -2.09. The Morgan fingerprint density at radius 2 is 1.66 bits per heavy atom. The second-order valence-electron chi connectivity index (χ2n) is 6.07. The Bertz CT molecular complexity index is 1040. The minimum Gasteiger partial charge on any atom is -0.497 e. The van der Waals surface area contributed by atoms with Gasteiger partial charge in [0, 0.05) is 25.0 Å². The normalized spacial score (nSPS) is 10.3. The number of carbonyl (C=O) groups is 2. The first-order chi connectivity index (χ1) is 14.0. The molecule has 148 valence electrons. The summed E-state index contributed by atoms with van der Waals surface area (Å²) in [6.45, 7) is 0.278. The Balaban J connectivity index is 1.65. The number of rotatable bonds is 6. The fourth-order valence-electron chi connectivity index (χ4n) is 2.50. The fraction of sp³-hybridized carbons (Fsp3) is 0.0952. The number of anilines is 1. The van der Waals surface area contributed by atoms with Crippen molar-refractivity contribution in [1.82, 2.24) is 10.3 Å². The van der Waals surface area contributed by atoms with Gasteiger partial charge >= 0.3 is 0 Å². The van der Waals surface area contributed by atoms with Crippen molar-refractivity contribution in [2.75, 3.05) is 12.4 Å². The van der Waals surface area contributed by atoms with Crippen LogP contribution in [-0.2, 0) is 6.54 Å². The number of ether oxygens (including phenoxy) is 1. The zero-order valence-corrected chi connectivity index (χ0v) is 15.4. The van der Waals surface area contributed by atoms with E-state index in [2.05, 4.69) is 15.6 Å². The van der Waals surface area contributed by atoms with E-state index >= 15 is 0 Å². The molecule has 0 aliphatic rings. The topological polar surface area (TPSA) is 80.3 Å². The van der Waals surface area contributed by atoms with Crippen LogP contribution in [0.4, 0.5) is 14.5 Å². The lowest BCUT2D eigenvalue weighted by molar-refractivity contribution is 0.0950. The number of nitrogens with zero attached hydrogens (tertiary/aromatic N) is 1. The third kappa shape index (κ3) is 5.13. The Hall–Kier alpha value is -3.81. The number of hydrogen-bond donors (Lipinski definition) is 2. The van der Waals surface area contributed by atoms with Gasteiger partial charge in [0.1, 0.15) is 17.4 Å². The first-order valence-corrected chi connectivity index (χ1v) is 8.59. The molecule has 0 spiro atoms. The molecule has 0 fully saturated rings. The average Bonchev–Trinajstić information content (AvgIpc) is 2.74. The van der Waals surface area contributed by atoms with Crippen LogP contribution in [0.1, 0.15) is 26.3 Å². The number of halogens is 2. The van der Waals surface area contributed by atoms with Gasteiger partial charge in [-0.05, 0) is 35.9 Å². The first-order valence-electron chi connectivity index (χ1n) is 8.59. The fourth-order valence-corrected chi connectivity index (χ4v) is 2.50. The summed E-state index contributed by atoms with van der Waals surface area (Å²) in [4.78, 5) is 28.6. The molecule has 6 nitrogen and oxygen atoms in total. The molecule has 0 radical (unpaired) electrons. The molecule has 3 rings (SSSR count). The molecule has 1 heterocycles. The summed E-state index contributed by atoms with van der Waals surface area (Å²) in [7, 11) is 1.57. The van der Waals surface area contributed by atoms with Gasteiger partial charge in [0.05, 0.1) is 23.9 Å². The van der Waals surface area contributed by atoms with E-state index in [-0.39, 0.29) is 23.4 Å². The van der Waals surface area contributed by atoms with Crippen molar-refractivity contribution in [3.8, 4) is 5.75 Å². The van der Waals surface area contributed by atoms with Gasteiger partial charge in [0.15, 0.2) is 0 Å². The van der Waals surface area contributed by atoms with E-state index in [9.17, 15) is 18.4 Å². The highest BCUT2D eigenvalue weighted by Crippen LogP contribution is 2.16. The summed E-state index contributed by atoms with van der Waals surface area (Å²) >= 11 is 0. The SMILES string of the molecule is COc1ccc(CNC(=O)c2cncc(C(=O)Nc3ccc(F)cc3F)c2)cc1. The zero-order valence-electron chi connectivity index (χ0n) is 15.4. The third-order valence-corrected chi connectivity index (χ3v) is 4.05. The molecule has 0 atom stereocenters. The molecular weight excluding hydrogens is 380 g/mol. The minimum atomic E-state index is -0.903. The average molecular weight is 397 g/mol. The molecular formula is C21H17F2N3O3. The molecule has 0 unspecified atom stereocenters. The van der Waals surface area contributed by atoms with Crippen molar-refractivity contribution in [1.29, 1.82) is 0 Å². The second kappa shape index (κ2) is 8.92. The summed E-state index contributed by atoms with van der Waals surface area (Å²) in [6, 6.07) is 11.3. The number of hydrogen-bond acceptors (Lipinski definition) is 4. The lowest BCUT2D eigenvalue weighted by Crippen LogP contribution is -2.23. The highest BCUT2D eigenvalue weighted by atomic mass is 19.1. The van der Waals surface area contributed by atoms with Gasteiger partial charge in [0.2, 0.25) is 0 Å². The van der Waals surface area contributed by atoms with Crippen LogP contribution in [0.3, 0.4) is 0 Å². The third-order valence-electron chi connectivity index (χ3n) is 4.05. The molecule has 3 aromatic rings. The quantitative estimate of drug-likeness (QED) is 0.667. The number of pyridine rings is 1. The van der Waals surface area contributed by atoms with Crippen LogP contribution < -0.4 is 15.4 Å². The maximum atomic E-state index is 13.7. The van der Waals surface area contributed by atoms with Crippen LogP contribution in [0.5, 0.6) is 5.75 Å². The molecule has 0 saturated heterocycles. The van der Waals surface area contributed by atoms with Gasteiger partial charge in [-0.25, -0.2) is 8.78 Å². The number of carbonyl (C=O) groups excluding carboxylic acids is 2. The van der Waals surface area contributed by atoms with E-state index in [4.69, 9.17) is 4.74 Å². The number of aromatic nitrogens is 1. The molecule has 0 aliphatic heterocycles. The Kier molecular flexibility index (Phi) is 6.13. The summed E-state index contributed by atoms with van der Waals surface area (Å²) in [5.74, 6) is -2.04. The molecule has 2 aromatic carbocycles.